The third-order valence-corrected chi connectivity index (χ3v) is 6.45. The molecule has 0 spiro atoms. The number of carbonyl (C=O) groups excluding carboxylic acids is 3. The molecule has 0 radical (unpaired) electrons. The minimum absolute atomic E-state index is 0.0335. The second-order valence-electron chi connectivity index (χ2n) is 8.65. The van der Waals surface area contributed by atoms with Crippen molar-refractivity contribution < 1.29 is 19.5 Å². The molecule has 5 rings (SSSR count). The van der Waals surface area contributed by atoms with Crippen LogP contribution in [0.3, 0.4) is 0 Å². The highest BCUT2D eigenvalue weighted by molar-refractivity contribution is 6.21. The highest BCUT2D eigenvalue weighted by Crippen LogP contribution is 2.30. The van der Waals surface area contributed by atoms with Crippen molar-refractivity contribution in [2.45, 2.75) is 19.9 Å². The van der Waals surface area contributed by atoms with Crippen molar-refractivity contribution in [3.63, 3.8) is 0 Å². The number of aryl methyl sites for hydroxylation is 1. The molecule has 0 atom stereocenters. The van der Waals surface area contributed by atoms with Crippen molar-refractivity contribution in [1.82, 2.24) is 9.80 Å². The number of aromatic hydroxyl groups is 1. The molecule has 0 bridgehead atoms. The van der Waals surface area contributed by atoms with Crippen LogP contribution >= 0.6 is 0 Å². The highest BCUT2D eigenvalue weighted by Gasteiger charge is 2.35. The second kappa shape index (κ2) is 8.63. The number of phenolic OH excluding ortho intramolecular Hbond substituents is 1. The summed E-state index contributed by atoms with van der Waals surface area (Å²) in [6.45, 7) is 2.73. The number of phenols is 1. The molecule has 1 N–H and O–H groups in total. The normalized spacial score (nSPS) is 15.4. The Morgan fingerprint density at radius 3 is 2.21 bits per heavy atom. The lowest BCUT2D eigenvalue weighted by Crippen LogP contribution is -2.35. The lowest BCUT2D eigenvalue weighted by atomic mass is 9.98. The molecule has 0 fully saturated rings. The zero-order chi connectivity index (χ0) is 23.8. The summed E-state index contributed by atoms with van der Waals surface area (Å²) >= 11 is 0. The maximum absolute atomic E-state index is 13.3. The average molecular weight is 453 g/mol. The smallest absolute Gasteiger partial charge is 0.261 e. The molecule has 0 aromatic heterocycles. The van der Waals surface area contributed by atoms with Crippen LogP contribution in [0, 0.1) is 6.92 Å². The number of amides is 3. The summed E-state index contributed by atoms with van der Waals surface area (Å²) in [6, 6.07) is 20.1. The summed E-state index contributed by atoms with van der Waals surface area (Å²) in [7, 11) is 0. The van der Waals surface area contributed by atoms with E-state index in [2.05, 4.69) is 12.1 Å². The Morgan fingerprint density at radius 1 is 0.941 bits per heavy atom. The van der Waals surface area contributed by atoms with E-state index in [1.807, 2.05) is 24.3 Å². The largest absolute Gasteiger partial charge is 0.507 e. The molecule has 2 aliphatic rings. The van der Waals surface area contributed by atoms with Crippen LogP contribution in [0.4, 0.5) is 0 Å². The third-order valence-electron chi connectivity index (χ3n) is 6.45. The first-order valence-electron chi connectivity index (χ1n) is 11.3. The van der Waals surface area contributed by atoms with Gasteiger partial charge in [-0.3, -0.25) is 19.3 Å². The van der Waals surface area contributed by atoms with E-state index < -0.39 is 0 Å². The van der Waals surface area contributed by atoms with Crippen LogP contribution in [0.1, 0.15) is 54.2 Å². The molecule has 170 valence electrons. The molecular weight excluding hydrogens is 428 g/mol. The number of nitrogens with zero attached hydrogens (tertiary/aromatic N) is 2. The molecule has 2 aliphatic heterocycles. The summed E-state index contributed by atoms with van der Waals surface area (Å²) in [5, 5.41) is 10.6. The Kier molecular flexibility index (Phi) is 5.49. The Labute approximate surface area is 197 Å². The summed E-state index contributed by atoms with van der Waals surface area (Å²) < 4.78 is 0. The van der Waals surface area contributed by atoms with Gasteiger partial charge in [0, 0.05) is 13.1 Å². The van der Waals surface area contributed by atoms with Gasteiger partial charge in [0.05, 0.1) is 23.2 Å². The SMILES string of the molecule is Cc1cc(CN2C(=O)c3ccccc3C2=O)cc(C(=O)N2CC=C(c3ccccc3)CC2)c1O. The first kappa shape index (κ1) is 21.6. The number of carbonyl (C=O) groups is 3. The van der Waals surface area contributed by atoms with E-state index in [0.29, 0.717) is 35.3 Å². The molecule has 0 aliphatic carbocycles. The van der Waals surface area contributed by atoms with Crippen molar-refractivity contribution >= 4 is 23.3 Å². The minimum Gasteiger partial charge on any atom is -0.507 e. The van der Waals surface area contributed by atoms with Crippen LogP contribution in [0.25, 0.3) is 5.57 Å². The predicted octanol–water partition coefficient (Wildman–Crippen LogP) is 4.43. The molecular formula is C28H24N2O4. The van der Waals surface area contributed by atoms with Gasteiger partial charge in [0.25, 0.3) is 17.7 Å². The molecule has 0 saturated carbocycles. The van der Waals surface area contributed by atoms with Crippen molar-refractivity contribution in [1.29, 1.82) is 0 Å². The fourth-order valence-electron chi connectivity index (χ4n) is 4.61. The fraction of sp³-hybridized carbons (Fsp3) is 0.179. The molecule has 6 heteroatoms. The number of fused-ring (bicyclic) bond motifs is 1. The molecule has 2 heterocycles. The molecule has 6 nitrogen and oxygen atoms in total. The third kappa shape index (κ3) is 3.77. The van der Waals surface area contributed by atoms with Crippen molar-refractivity contribution in [2.24, 2.45) is 0 Å². The van der Waals surface area contributed by atoms with Gasteiger partial charge in [-0.1, -0.05) is 54.6 Å². The second-order valence-corrected chi connectivity index (χ2v) is 8.65. The number of hydrogen-bond donors (Lipinski definition) is 1. The van der Waals surface area contributed by atoms with Gasteiger partial charge in [-0.25, -0.2) is 0 Å². The van der Waals surface area contributed by atoms with Crippen molar-refractivity contribution in [2.75, 3.05) is 13.1 Å². The average Bonchev–Trinajstić information content (AvgIpc) is 3.11. The zero-order valence-corrected chi connectivity index (χ0v) is 18.8. The summed E-state index contributed by atoms with van der Waals surface area (Å²) in [5.74, 6) is -1.05. The summed E-state index contributed by atoms with van der Waals surface area (Å²) in [6.07, 6.45) is 2.77. The van der Waals surface area contributed by atoms with E-state index in [1.165, 1.54) is 10.5 Å². The Hall–Kier alpha value is -4.19. The van der Waals surface area contributed by atoms with E-state index in [9.17, 15) is 19.5 Å². The van der Waals surface area contributed by atoms with Crippen LogP contribution in [-0.2, 0) is 6.54 Å². The minimum atomic E-state index is -0.353. The lowest BCUT2D eigenvalue weighted by Gasteiger charge is -2.27. The first-order valence-corrected chi connectivity index (χ1v) is 11.3. The predicted molar refractivity (Wildman–Crippen MR) is 128 cm³/mol. The maximum atomic E-state index is 13.3. The van der Waals surface area contributed by atoms with Crippen LogP contribution in [0.15, 0.2) is 72.8 Å². The van der Waals surface area contributed by atoms with Gasteiger partial charge in [-0.2, -0.15) is 0 Å². The highest BCUT2D eigenvalue weighted by atomic mass is 16.3. The summed E-state index contributed by atoms with van der Waals surface area (Å²) in [4.78, 5) is 41.7. The standard InChI is InChI=1S/C28H24N2O4/c1-18-15-19(17-30-27(33)22-9-5-6-10-23(22)28(30)34)16-24(25(18)31)26(32)29-13-11-21(12-14-29)20-7-3-2-4-8-20/h2-11,15-16,31H,12-14,17H2,1H3. The van der Waals surface area contributed by atoms with Crippen LogP contribution < -0.4 is 0 Å². The molecule has 0 unspecified atom stereocenters. The van der Waals surface area contributed by atoms with Gasteiger partial charge in [0.15, 0.2) is 0 Å². The number of benzene rings is 3. The van der Waals surface area contributed by atoms with Gasteiger partial charge >= 0.3 is 0 Å². The van der Waals surface area contributed by atoms with Crippen LogP contribution in [-0.4, -0.2) is 45.7 Å². The Morgan fingerprint density at radius 2 is 1.59 bits per heavy atom. The molecule has 34 heavy (non-hydrogen) atoms. The van der Waals surface area contributed by atoms with E-state index >= 15 is 0 Å². The Balaban J connectivity index is 1.37. The number of imide groups is 1. The Bertz CT molecular complexity index is 1310. The van der Waals surface area contributed by atoms with Gasteiger partial charge in [-0.05, 0) is 53.8 Å². The molecule has 3 amide bonds. The van der Waals surface area contributed by atoms with E-state index in [-0.39, 0.29) is 35.6 Å². The van der Waals surface area contributed by atoms with E-state index in [0.717, 1.165) is 12.0 Å². The van der Waals surface area contributed by atoms with Crippen molar-refractivity contribution in [3.05, 3.63) is 106 Å². The first-order chi connectivity index (χ1) is 16.4. The molecule has 3 aromatic rings. The number of rotatable bonds is 4. The van der Waals surface area contributed by atoms with Crippen molar-refractivity contribution in [3.8, 4) is 5.75 Å². The zero-order valence-electron chi connectivity index (χ0n) is 18.8. The van der Waals surface area contributed by atoms with Crippen LogP contribution in [0.2, 0.25) is 0 Å². The van der Waals surface area contributed by atoms with Gasteiger partial charge in [-0.15, -0.1) is 0 Å². The molecule has 3 aromatic carbocycles. The fourth-order valence-corrected chi connectivity index (χ4v) is 4.61. The summed E-state index contributed by atoms with van der Waals surface area (Å²) in [5.41, 5.74) is 4.44. The quantitative estimate of drug-likeness (QED) is 0.594. The van der Waals surface area contributed by atoms with Gasteiger partial charge in [0.2, 0.25) is 0 Å². The maximum Gasteiger partial charge on any atom is 0.261 e. The van der Waals surface area contributed by atoms with Gasteiger partial charge < -0.3 is 10.0 Å². The number of hydrogen-bond acceptors (Lipinski definition) is 4. The van der Waals surface area contributed by atoms with E-state index in [4.69, 9.17) is 0 Å². The molecule has 0 saturated heterocycles. The topological polar surface area (TPSA) is 77.9 Å². The monoisotopic (exact) mass is 452 g/mol. The van der Waals surface area contributed by atoms with Gasteiger partial charge in [0.1, 0.15) is 5.75 Å². The van der Waals surface area contributed by atoms with E-state index in [1.54, 1.807) is 48.2 Å². The van der Waals surface area contributed by atoms with Crippen LogP contribution in [0.5, 0.6) is 5.75 Å². The lowest BCUT2D eigenvalue weighted by molar-refractivity contribution is 0.0642.